The van der Waals surface area contributed by atoms with Gasteiger partial charge in [-0.3, -0.25) is 14.2 Å². The number of alkyl halides is 3. The molecule has 2 aromatic heterocycles. The fourth-order valence-electron chi connectivity index (χ4n) is 2.43. The third-order valence-corrected chi connectivity index (χ3v) is 3.72. The van der Waals surface area contributed by atoms with E-state index in [9.17, 15) is 18.0 Å². The first-order valence-corrected chi connectivity index (χ1v) is 7.56. The highest BCUT2D eigenvalue weighted by Crippen LogP contribution is 2.28. The van der Waals surface area contributed by atoms with Gasteiger partial charge >= 0.3 is 6.18 Å². The van der Waals surface area contributed by atoms with Gasteiger partial charge in [0.15, 0.2) is 5.69 Å². The Morgan fingerprint density at radius 1 is 1.33 bits per heavy atom. The van der Waals surface area contributed by atoms with Crippen LogP contribution in [0.4, 0.5) is 13.2 Å². The number of carbonyl (C=O) groups excluding carboxylic acids is 1. The molecule has 0 fully saturated rings. The summed E-state index contributed by atoms with van der Waals surface area (Å²) in [7, 11) is 0. The summed E-state index contributed by atoms with van der Waals surface area (Å²) in [5, 5.41) is 10.5. The monoisotopic (exact) mass is 343 g/mol. The van der Waals surface area contributed by atoms with E-state index in [1.54, 1.807) is 11.6 Å². The molecule has 2 rings (SSSR count). The Balaban J connectivity index is 2.05. The second-order valence-electron chi connectivity index (χ2n) is 5.64. The van der Waals surface area contributed by atoms with Gasteiger partial charge in [0.25, 0.3) is 0 Å². The molecular weight excluding hydrogens is 323 g/mol. The van der Waals surface area contributed by atoms with Crippen molar-refractivity contribution in [3.05, 3.63) is 34.9 Å². The summed E-state index contributed by atoms with van der Waals surface area (Å²) in [4.78, 5) is 12.1. The summed E-state index contributed by atoms with van der Waals surface area (Å²) < 4.78 is 40.7. The van der Waals surface area contributed by atoms with Crippen LogP contribution < -0.4 is 5.32 Å². The standard InChI is InChI=1S/C15H20F3N5O/c1-5-22-7-12(11(4)20-22)10(3)19-14(24)8-23-9(2)6-13(21-23)15(16,17)18/h6-7,10H,5,8H2,1-4H3,(H,19,24). The second kappa shape index (κ2) is 6.66. The number of halogens is 3. The van der Waals surface area contributed by atoms with Crippen LogP contribution in [-0.2, 0) is 24.1 Å². The average Bonchev–Trinajstić information content (AvgIpc) is 3.02. The predicted octanol–water partition coefficient (Wildman–Crippen LogP) is 2.61. The van der Waals surface area contributed by atoms with Gasteiger partial charge in [-0.1, -0.05) is 0 Å². The summed E-state index contributed by atoms with van der Waals surface area (Å²) in [5.74, 6) is -0.411. The minimum atomic E-state index is -4.52. The van der Waals surface area contributed by atoms with E-state index >= 15 is 0 Å². The smallest absolute Gasteiger partial charge is 0.348 e. The van der Waals surface area contributed by atoms with Gasteiger partial charge in [-0.25, -0.2) is 0 Å². The van der Waals surface area contributed by atoms with Crippen molar-refractivity contribution >= 4 is 5.91 Å². The largest absolute Gasteiger partial charge is 0.435 e. The lowest BCUT2D eigenvalue weighted by Crippen LogP contribution is -2.31. The second-order valence-corrected chi connectivity index (χ2v) is 5.64. The number of rotatable bonds is 5. The first-order valence-electron chi connectivity index (χ1n) is 7.56. The van der Waals surface area contributed by atoms with Crippen LogP contribution in [0.25, 0.3) is 0 Å². The van der Waals surface area contributed by atoms with Crippen molar-refractivity contribution in [2.24, 2.45) is 0 Å². The molecule has 6 nitrogen and oxygen atoms in total. The molecule has 0 aromatic carbocycles. The quantitative estimate of drug-likeness (QED) is 0.908. The number of amides is 1. The molecule has 0 radical (unpaired) electrons. The maximum atomic E-state index is 12.6. The topological polar surface area (TPSA) is 64.7 Å². The molecule has 0 spiro atoms. The number of carbonyl (C=O) groups is 1. The Kier molecular flexibility index (Phi) is 5.00. The highest BCUT2D eigenvalue weighted by Gasteiger charge is 2.34. The Labute approximate surface area is 137 Å². The molecule has 1 atom stereocenters. The van der Waals surface area contributed by atoms with E-state index in [0.717, 1.165) is 22.0 Å². The molecule has 0 aliphatic heterocycles. The van der Waals surface area contributed by atoms with Crippen molar-refractivity contribution in [3.8, 4) is 0 Å². The average molecular weight is 343 g/mol. The zero-order valence-corrected chi connectivity index (χ0v) is 14.0. The summed E-state index contributed by atoms with van der Waals surface area (Å²) in [6.07, 6.45) is -2.67. The molecule has 1 amide bonds. The fourth-order valence-corrected chi connectivity index (χ4v) is 2.43. The Bertz CT molecular complexity index is 732. The number of hydrogen-bond acceptors (Lipinski definition) is 3. The van der Waals surface area contributed by atoms with Crippen LogP contribution >= 0.6 is 0 Å². The third kappa shape index (κ3) is 3.95. The summed E-state index contributed by atoms with van der Waals surface area (Å²) >= 11 is 0. The van der Waals surface area contributed by atoms with Crippen molar-refractivity contribution in [1.29, 1.82) is 0 Å². The zero-order valence-electron chi connectivity index (χ0n) is 14.0. The minimum absolute atomic E-state index is 0.271. The van der Waals surface area contributed by atoms with Crippen LogP contribution in [0.2, 0.25) is 0 Å². The maximum Gasteiger partial charge on any atom is 0.435 e. The van der Waals surface area contributed by atoms with E-state index in [1.165, 1.54) is 6.92 Å². The molecule has 0 aliphatic carbocycles. The molecule has 0 saturated heterocycles. The van der Waals surface area contributed by atoms with Crippen molar-refractivity contribution in [2.45, 2.75) is 53.0 Å². The van der Waals surface area contributed by atoms with Crippen molar-refractivity contribution in [2.75, 3.05) is 0 Å². The van der Waals surface area contributed by atoms with Gasteiger partial charge in [-0.15, -0.1) is 0 Å². The van der Waals surface area contributed by atoms with Crippen LogP contribution in [0.5, 0.6) is 0 Å². The van der Waals surface area contributed by atoms with Gasteiger partial charge < -0.3 is 5.32 Å². The third-order valence-electron chi connectivity index (χ3n) is 3.72. The summed E-state index contributed by atoms with van der Waals surface area (Å²) in [6.45, 7) is 7.53. The number of hydrogen-bond donors (Lipinski definition) is 1. The van der Waals surface area contributed by atoms with Gasteiger partial charge in [0.1, 0.15) is 6.54 Å². The van der Waals surface area contributed by atoms with Gasteiger partial charge in [0.2, 0.25) is 5.91 Å². The van der Waals surface area contributed by atoms with Crippen LogP contribution in [0.3, 0.4) is 0 Å². The van der Waals surface area contributed by atoms with E-state index in [2.05, 4.69) is 15.5 Å². The molecule has 0 aliphatic rings. The first kappa shape index (κ1) is 18.0. The Hall–Kier alpha value is -2.32. The Morgan fingerprint density at radius 2 is 2.00 bits per heavy atom. The van der Waals surface area contributed by atoms with E-state index in [0.29, 0.717) is 6.54 Å². The van der Waals surface area contributed by atoms with Crippen LogP contribution in [0.15, 0.2) is 12.3 Å². The lowest BCUT2D eigenvalue weighted by molar-refractivity contribution is -0.141. The van der Waals surface area contributed by atoms with Gasteiger partial charge in [-0.05, 0) is 33.8 Å². The van der Waals surface area contributed by atoms with Gasteiger partial charge in [0.05, 0.1) is 11.7 Å². The summed E-state index contributed by atoms with van der Waals surface area (Å²) in [6, 6.07) is 0.627. The van der Waals surface area contributed by atoms with Crippen LogP contribution in [0, 0.1) is 13.8 Å². The molecule has 0 saturated carbocycles. The van der Waals surface area contributed by atoms with E-state index < -0.39 is 17.8 Å². The molecule has 9 heteroatoms. The highest BCUT2D eigenvalue weighted by molar-refractivity contribution is 5.76. The molecule has 24 heavy (non-hydrogen) atoms. The van der Waals surface area contributed by atoms with E-state index in [-0.39, 0.29) is 18.3 Å². The van der Waals surface area contributed by atoms with Crippen LogP contribution in [0.1, 0.15) is 42.5 Å². The van der Waals surface area contributed by atoms with E-state index in [4.69, 9.17) is 0 Å². The minimum Gasteiger partial charge on any atom is -0.348 e. The molecule has 1 unspecified atom stereocenters. The number of nitrogens with zero attached hydrogens (tertiary/aromatic N) is 4. The first-order chi connectivity index (χ1) is 11.1. The normalized spacial score (nSPS) is 13.1. The van der Waals surface area contributed by atoms with E-state index in [1.807, 2.05) is 20.0 Å². The summed E-state index contributed by atoms with van der Waals surface area (Å²) in [5.41, 5.74) is 0.957. The lowest BCUT2D eigenvalue weighted by Gasteiger charge is -2.13. The number of aryl methyl sites for hydroxylation is 3. The molecule has 0 bridgehead atoms. The molecule has 2 aromatic rings. The van der Waals surface area contributed by atoms with Crippen molar-refractivity contribution in [3.63, 3.8) is 0 Å². The Morgan fingerprint density at radius 3 is 2.50 bits per heavy atom. The fraction of sp³-hybridized carbons (Fsp3) is 0.533. The predicted molar refractivity (Wildman–Crippen MR) is 81.2 cm³/mol. The van der Waals surface area contributed by atoms with Crippen LogP contribution in [-0.4, -0.2) is 25.5 Å². The molecule has 1 N–H and O–H groups in total. The molecular formula is C15H20F3N5O. The molecule has 2 heterocycles. The number of aromatic nitrogens is 4. The lowest BCUT2D eigenvalue weighted by atomic mass is 10.1. The zero-order chi connectivity index (χ0) is 18.1. The van der Waals surface area contributed by atoms with Gasteiger partial charge in [-0.2, -0.15) is 23.4 Å². The van der Waals surface area contributed by atoms with Crippen molar-refractivity contribution in [1.82, 2.24) is 24.9 Å². The number of nitrogens with one attached hydrogen (secondary N) is 1. The molecule has 132 valence electrons. The SMILES string of the molecule is CCn1cc(C(C)NC(=O)Cn2nc(C(F)(F)F)cc2C)c(C)n1. The maximum absolute atomic E-state index is 12.6. The van der Waals surface area contributed by atoms with Crippen molar-refractivity contribution < 1.29 is 18.0 Å². The highest BCUT2D eigenvalue weighted by atomic mass is 19.4. The van der Waals surface area contributed by atoms with Gasteiger partial charge in [0, 0.05) is 24.0 Å².